The molecule has 5 heteroatoms. The van der Waals surface area contributed by atoms with Gasteiger partial charge in [-0.1, -0.05) is 37.6 Å². The van der Waals surface area contributed by atoms with Gasteiger partial charge in [-0.2, -0.15) is 0 Å². The van der Waals surface area contributed by atoms with Crippen molar-refractivity contribution in [1.82, 2.24) is 10.3 Å². The molecule has 1 aromatic carbocycles. The van der Waals surface area contributed by atoms with Gasteiger partial charge >= 0.3 is 6.09 Å². The summed E-state index contributed by atoms with van der Waals surface area (Å²) in [6, 6.07) is 12.4. The Hall–Kier alpha value is -2.56. The van der Waals surface area contributed by atoms with Crippen LogP contribution in [0.1, 0.15) is 31.0 Å². The predicted octanol–water partition coefficient (Wildman–Crippen LogP) is 3.01. The second kappa shape index (κ2) is 8.02. The van der Waals surface area contributed by atoms with Gasteiger partial charge in [-0.05, 0) is 31.0 Å². The van der Waals surface area contributed by atoms with Gasteiger partial charge in [0.15, 0.2) is 0 Å². The quantitative estimate of drug-likeness (QED) is 0.861. The molecular weight excluding hydrogens is 280 g/mol. The number of ether oxygens (including phenoxy) is 1. The maximum atomic E-state index is 11.9. The number of rotatable bonds is 6. The normalized spacial score (nSPS) is 10.2. The highest BCUT2D eigenvalue weighted by Gasteiger charge is 2.06. The van der Waals surface area contributed by atoms with Crippen LogP contribution in [0.2, 0.25) is 0 Å². The van der Waals surface area contributed by atoms with Crippen molar-refractivity contribution in [3.05, 3.63) is 64.1 Å². The SMILES string of the molecule is CCCCc1ccc(CNC(=O)Oc2ccccc2)c(=O)[nH]1. The molecule has 116 valence electrons. The second-order valence-electron chi connectivity index (χ2n) is 5.00. The van der Waals surface area contributed by atoms with Gasteiger partial charge in [0.05, 0.1) is 6.54 Å². The van der Waals surface area contributed by atoms with E-state index in [2.05, 4.69) is 17.2 Å². The molecule has 0 saturated heterocycles. The maximum Gasteiger partial charge on any atom is 0.412 e. The fourth-order valence-electron chi connectivity index (χ4n) is 2.00. The molecule has 0 unspecified atom stereocenters. The molecule has 0 saturated carbocycles. The number of nitrogens with one attached hydrogen (secondary N) is 2. The van der Waals surface area contributed by atoms with Gasteiger partial charge in [0, 0.05) is 11.3 Å². The third-order valence-electron chi connectivity index (χ3n) is 3.23. The Balaban J connectivity index is 1.88. The molecule has 1 aromatic heterocycles. The van der Waals surface area contributed by atoms with Crippen molar-refractivity contribution in [3.8, 4) is 5.75 Å². The monoisotopic (exact) mass is 300 g/mol. The van der Waals surface area contributed by atoms with Crippen LogP contribution in [0.25, 0.3) is 0 Å². The van der Waals surface area contributed by atoms with Crippen molar-refractivity contribution < 1.29 is 9.53 Å². The van der Waals surface area contributed by atoms with Crippen molar-refractivity contribution >= 4 is 6.09 Å². The van der Waals surface area contributed by atoms with Crippen LogP contribution >= 0.6 is 0 Å². The molecule has 22 heavy (non-hydrogen) atoms. The summed E-state index contributed by atoms with van der Waals surface area (Å²) >= 11 is 0. The Kier molecular flexibility index (Phi) is 5.77. The van der Waals surface area contributed by atoms with E-state index in [0.717, 1.165) is 25.0 Å². The van der Waals surface area contributed by atoms with Crippen LogP contribution in [0, 0.1) is 0 Å². The summed E-state index contributed by atoms with van der Waals surface area (Å²) < 4.78 is 5.09. The lowest BCUT2D eigenvalue weighted by molar-refractivity contribution is 0.200. The van der Waals surface area contributed by atoms with Gasteiger partial charge in [-0.15, -0.1) is 0 Å². The topological polar surface area (TPSA) is 71.2 Å². The Bertz CT molecular complexity index is 665. The lowest BCUT2D eigenvalue weighted by Gasteiger charge is -2.07. The Morgan fingerprint density at radius 3 is 2.64 bits per heavy atom. The van der Waals surface area contributed by atoms with Crippen LogP contribution < -0.4 is 15.6 Å². The molecule has 2 rings (SSSR count). The zero-order chi connectivity index (χ0) is 15.8. The largest absolute Gasteiger partial charge is 0.412 e. The maximum absolute atomic E-state index is 11.9. The van der Waals surface area contributed by atoms with Crippen LogP contribution in [-0.4, -0.2) is 11.1 Å². The van der Waals surface area contributed by atoms with E-state index in [1.165, 1.54) is 0 Å². The molecule has 1 amide bonds. The van der Waals surface area contributed by atoms with Crippen molar-refractivity contribution in [2.75, 3.05) is 0 Å². The van der Waals surface area contributed by atoms with E-state index in [1.54, 1.807) is 30.3 Å². The minimum Gasteiger partial charge on any atom is -0.410 e. The Morgan fingerprint density at radius 2 is 1.95 bits per heavy atom. The minimum absolute atomic E-state index is 0.134. The molecule has 0 bridgehead atoms. The summed E-state index contributed by atoms with van der Waals surface area (Å²) in [5.41, 5.74) is 1.25. The number of pyridine rings is 1. The van der Waals surface area contributed by atoms with Gasteiger partial charge < -0.3 is 15.0 Å². The van der Waals surface area contributed by atoms with Crippen molar-refractivity contribution in [3.63, 3.8) is 0 Å². The lowest BCUT2D eigenvalue weighted by Crippen LogP contribution is -2.29. The summed E-state index contributed by atoms with van der Waals surface area (Å²) in [5, 5.41) is 2.57. The first-order valence-electron chi connectivity index (χ1n) is 7.41. The zero-order valence-corrected chi connectivity index (χ0v) is 12.6. The molecule has 1 heterocycles. The molecular formula is C17H20N2O3. The number of hydrogen-bond donors (Lipinski definition) is 2. The average Bonchev–Trinajstić information content (AvgIpc) is 2.53. The van der Waals surface area contributed by atoms with Crippen LogP contribution in [0.3, 0.4) is 0 Å². The first-order valence-corrected chi connectivity index (χ1v) is 7.41. The number of hydrogen-bond acceptors (Lipinski definition) is 3. The van der Waals surface area contributed by atoms with E-state index >= 15 is 0 Å². The highest BCUT2D eigenvalue weighted by Crippen LogP contribution is 2.08. The fourth-order valence-corrected chi connectivity index (χ4v) is 2.00. The van der Waals surface area contributed by atoms with Crippen molar-refractivity contribution in [2.24, 2.45) is 0 Å². The average molecular weight is 300 g/mol. The summed E-state index contributed by atoms with van der Waals surface area (Å²) in [4.78, 5) is 26.4. The van der Waals surface area contributed by atoms with E-state index in [4.69, 9.17) is 4.74 Å². The van der Waals surface area contributed by atoms with Crippen molar-refractivity contribution in [1.29, 1.82) is 0 Å². The predicted molar refractivity (Wildman–Crippen MR) is 85.0 cm³/mol. The summed E-state index contributed by atoms with van der Waals surface area (Å²) in [6.07, 6.45) is 2.39. The highest BCUT2D eigenvalue weighted by atomic mass is 16.6. The fraction of sp³-hybridized carbons (Fsp3) is 0.294. The molecule has 2 aromatic rings. The first-order chi connectivity index (χ1) is 10.7. The molecule has 0 aliphatic carbocycles. The smallest absolute Gasteiger partial charge is 0.410 e. The molecule has 0 fully saturated rings. The van der Waals surface area contributed by atoms with Crippen LogP contribution in [0.5, 0.6) is 5.75 Å². The molecule has 0 aliphatic heterocycles. The van der Waals surface area contributed by atoms with Crippen LogP contribution in [0.4, 0.5) is 4.79 Å². The van der Waals surface area contributed by atoms with E-state index in [9.17, 15) is 9.59 Å². The number of aromatic nitrogens is 1. The number of amides is 1. The number of carbonyl (C=O) groups excluding carboxylic acids is 1. The molecule has 0 aliphatic rings. The van der Waals surface area contributed by atoms with Gasteiger partial charge in [0.25, 0.3) is 5.56 Å². The van der Waals surface area contributed by atoms with Crippen molar-refractivity contribution in [2.45, 2.75) is 32.7 Å². The van der Waals surface area contributed by atoms with Crippen LogP contribution in [-0.2, 0) is 13.0 Å². The minimum atomic E-state index is -0.583. The molecule has 0 spiro atoms. The van der Waals surface area contributed by atoms with Gasteiger partial charge in [0.2, 0.25) is 0 Å². The van der Waals surface area contributed by atoms with E-state index in [1.807, 2.05) is 12.1 Å². The number of carbonyl (C=O) groups is 1. The highest BCUT2D eigenvalue weighted by molar-refractivity contribution is 5.70. The second-order valence-corrected chi connectivity index (χ2v) is 5.00. The van der Waals surface area contributed by atoms with E-state index in [-0.39, 0.29) is 12.1 Å². The number of para-hydroxylation sites is 1. The number of aryl methyl sites for hydroxylation is 1. The number of benzene rings is 1. The summed E-state index contributed by atoms with van der Waals surface area (Å²) in [7, 11) is 0. The standard InChI is InChI=1S/C17H20N2O3/c1-2-3-7-14-11-10-13(16(20)19-14)12-18-17(21)22-15-8-5-4-6-9-15/h4-6,8-11H,2-3,7,12H2,1H3,(H,18,21)(H,19,20). The molecule has 0 atom stereocenters. The number of aromatic amines is 1. The van der Waals surface area contributed by atoms with Gasteiger partial charge in [-0.3, -0.25) is 4.79 Å². The third kappa shape index (κ3) is 4.77. The van der Waals surface area contributed by atoms with Gasteiger partial charge in [0.1, 0.15) is 5.75 Å². The molecule has 2 N–H and O–H groups in total. The van der Waals surface area contributed by atoms with E-state index < -0.39 is 6.09 Å². The third-order valence-corrected chi connectivity index (χ3v) is 3.23. The van der Waals surface area contributed by atoms with Gasteiger partial charge in [-0.25, -0.2) is 4.79 Å². The van der Waals surface area contributed by atoms with Crippen LogP contribution in [0.15, 0.2) is 47.3 Å². The Morgan fingerprint density at radius 1 is 1.18 bits per heavy atom. The zero-order valence-electron chi connectivity index (χ0n) is 12.6. The first kappa shape index (κ1) is 15.8. The molecule has 0 radical (unpaired) electrons. The lowest BCUT2D eigenvalue weighted by atomic mass is 10.1. The number of unbranched alkanes of at least 4 members (excludes halogenated alkanes) is 1. The summed E-state index contributed by atoms with van der Waals surface area (Å²) in [5.74, 6) is 0.462. The number of H-pyrrole nitrogens is 1. The summed E-state index contributed by atoms with van der Waals surface area (Å²) in [6.45, 7) is 2.24. The van der Waals surface area contributed by atoms with E-state index in [0.29, 0.717) is 11.3 Å². The molecule has 5 nitrogen and oxygen atoms in total. The Labute approximate surface area is 129 Å².